The fourth-order valence-electron chi connectivity index (χ4n) is 1.24. The van der Waals surface area contributed by atoms with E-state index in [1.165, 1.54) is 11.3 Å². The van der Waals surface area contributed by atoms with Crippen molar-refractivity contribution in [2.24, 2.45) is 0 Å². The highest BCUT2D eigenvalue weighted by atomic mass is 32.1. The molecule has 4 heteroatoms. The van der Waals surface area contributed by atoms with Crippen LogP contribution in [0.25, 0.3) is 5.69 Å². The van der Waals surface area contributed by atoms with Gasteiger partial charge in [-0.25, -0.2) is 0 Å². The number of thiazole rings is 1. The molecule has 2 aromatic rings. The zero-order valence-corrected chi connectivity index (χ0v) is 8.54. The van der Waals surface area contributed by atoms with Crippen LogP contribution in [-0.4, -0.2) is 11.7 Å². The van der Waals surface area contributed by atoms with Crippen LogP contribution in [0, 0.1) is 5.41 Å². The molecule has 2 rings (SSSR count). The number of methoxy groups -OCH3 is 1. The molecule has 3 nitrogen and oxygen atoms in total. The molecule has 1 heterocycles. The van der Waals surface area contributed by atoms with Crippen LogP contribution in [0.15, 0.2) is 35.8 Å². The van der Waals surface area contributed by atoms with E-state index in [0.717, 1.165) is 11.4 Å². The number of hydrogen-bond donors (Lipinski definition) is 1. The first-order valence-corrected chi connectivity index (χ1v) is 5.04. The Kier molecular flexibility index (Phi) is 2.37. The predicted octanol–water partition coefficient (Wildman–Crippen LogP) is 2.03. The highest BCUT2D eigenvalue weighted by Gasteiger charge is 1.98. The molecule has 0 fully saturated rings. The summed E-state index contributed by atoms with van der Waals surface area (Å²) >= 11 is 1.40. The number of rotatable bonds is 2. The summed E-state index contributed by atoms with van der Waals surface area (Å²) in [6.45, 7) is 0. The van der Waals surface area contributed by atoms with E-state index in [1.54, 1.807) is 7.11 Å². The molecule has 1 N–H and O–H groups in total. The molecule has 0 bridgehead atoms. The van der Waals surface area contributed by atoms with Gasteiger partial charge in [0.1, 0.15) is 5.75 Å². The van der Waals surface area contributed by atoms with Gasteiger partial charge in [-0.2, -0.15) is 0 Å². The number of hydrogen-bond acceptors (Lipinski definition) is 3. The van der Waals surface area contributed by atoms with Gasteiger partial charge in [-0.15, -0.1) is 11.3 Å². The Morgan fingerprint density at radius 3 is 2.93 bits per heavy atom. The third kappa shape index (κ3) is 1.56. The zero-order chi connectivity index (χ0) is 9.97. The summed E-state index contributed by atoms with van der Waals surface area (Å²) in [5, 5.41) is 9.55. The molecule has 0 aliphatic heterocycles. The number of nitrogens with zero attached hydrogens (tertiary/aromatic N) is 1. The van der Waals surface area contributed by atoms with E-state index in [9.17, 15) is 0 Å². The second-order valence-corrected chi connectivity index (χ2v) is 3.67. The molecule has 0 amide bonds. The van der Waals surface area contributed by atoms with Crippen LogP contribution in [0.4, 0.5) is 0 Å². The van der Waals surface area contributed by atoms with Crippen LogP contribution in [0.2, 0.25) is 0 Å². The molecule has 72 valence electrons. The van der Waals surface area contributed by atoms with Gasteiger partial charge in [0.05, 0.1) is 12.8 Å². The van der Waals surface area contributed by atoms with Crippen molar-refractivity contribution in [1.82, 2.24) is 4.57 Å². The lowest BCUT2D eigenvalue weighted by atomic mass is 10.3. The maximum absolute atomic E-state index is 7.66. The zero-order valence-electron chi connectivity index (χ0n) is 7.73. The second kappa shape index (κ2) is 3.67. The average molecular weight is 206 g/mol. The van der Waals surface area contributed by atoms with Gasteiger partial charge in [-0.1, -0.05) is 6.07 Å². The Hall–Kier alpha value is -1.55. The summed E-state index contributed by atoms with van der Waals surface area (Å²) < 4.78 is 6.93. The van der Waals surface area contributed by atoms with Crippen molar-refractivity contribution in [3.63, 3.8) is 0 Å². The first-order chi connectivity index (χ1) is 6.81. The molecule has 0 unspecified atom stereocenters. The smallest absolute Gasteiger partial charge is 0.186 e. The second-order valence-electron chi connectivity index (χ2n) is 2.78. The van der Waals surface area contributed by atoms with Gasteiger partial charge in [-0.3, -0.25) is 9.98 Å². The molecule has 0 radical (unpaired) electrons. The van der Waals surface area contributed by atoms with Gasteiger partial charge in [0.15, 0.2) is 4.80 Å². The largest absolute Gasteiger partial charge is 0.497 e. The Morgan fingerprint density at radius 2 is 2.29 bits per heavy atom. The van der Waals surface area contributed by atoms with E-state index in [-0.39, 0.29) is 0 Å². The van der Waals surface area contributed by atoms with Crippen LogP contribution in [0.1, 0.15) is 0 Å². The highest BCUT2D eigenvalue weighted by molar-refractivity contribution is 7.07. The Labute approximate surface area is 85.7 Å². The molecule has 1 aromatic carbocycles. The van der Waals surface area contributed by atoms with E-state index >= 15 is 0 Å². The van der Waals surface area contributed by atoms with Crippen molar-refractivity contribution < 1.29 is 4.74 Å². The Morgan fingerprint density at radius 1 is 1.43 bits per heavy atom. The minimum atomic E-state index is 0.512. The van der Waals surface area contributed by atoms with Gasteiger partial charge < -0.3 is 4.74 Å². The van der Waals surface area contributed by atoms with Crippen molar-refractivity contribution in [3.8, 4) is 11.4 Å². The Balaban J connectivity index is 2.52. The molecular formula is C10H10N2OS. The normalized spacial score (nSPS) is 10.1. The molecule has 0 atom stereocenters. The van der Waals surface area contributed by atoms with Crippen molar-refractivity contribution in [3.05, 3.63) is 40.6 Å². The molecule has 0 aliphatic rings. The minimum absolute atomic E-state index is 0.512. The van der Waals surface area contributed by atoms with Crippen LogP contribution in [-0.2, 0) is 0 Å². The van der Waals surface area contributed by atoms with E-state index < -0.39 is 0 Å². The quantitative estimate of drug-likeness (QED) is 0.802. The third-order valence-electron chi connectivity index (χ3n) is 1.94. The van der Waals surface area contributed by atoms with Crippen LogP contribution in [0.5, 0.6) is 5.75 Å². The number of aromatic nitrogens is 1. The molecule has 14 heavy (non-hydrogen) atoms. The standard InChI is InChI=1S/C10H10N2OS/c1-13-9-4-2-3-8(7-9)12-5-6-14-10(12)11/h2-7,11H,1H3. The maximum Gasteiger partial charge on any atom is 0.186 e. The topological polar surface area (TPSA) is 38.0 Å². The van der Waals surface area contributed by atoms with E-state index in [2.05, 4.69) is 0 Å². The summed E-state index contributed by atoms with van der Waals surface area (Å²) in [5.74, 6) is 0.806. The molecular weight excluding hydrogens is 196 g/mol. The number of nitrogens with one attached hydrogen (secondary N) is 1. The fourth-order valence-corrected chi connectivity index (χ4v) is 1.84. The van der Waals surface area contributed by atoms with Crippen LogP contribution < -0.4 is 9.54 Å². The first-order valence-electron chi connectivity index (χ1n) is 4.16. The van der Waals surface area contributed by atoms with E-state index in [4.69, 9.17) is 10.1 Å². The molecule has 0 spiro atoms. The van der Waals surface area contributed by atoms with E-state index in [0.29, 0.717) is 4.80 Å². The molecule has 0 aliphatic carbocycles. The average Bonchev–Trinajstić information content (AvgIpc) is 2.65. The summed E-state index contributed by atoms with van der Waals surface area (Å²) in [4.78, 5) is 0.512. The summed E-state index contributed by atoms with van der Waals surface area (Å²) in [6.07, 6.45) is 1.88. The van der Waals surface area contributed by atoms with Crippen molar-refractivity contribution in [2.75, 3.05) is 7.11 Å². The fraction of sp³-hybridized carbons (Fsp3) is 0.100. The number of benzene rings is 1. The van der Waals surface area contributed by atoms with Crippen molar-refractivity contribution in [1.29, 1.82) is 5.41 Å². The Bertz CT molecular complexity index is 487. The maximum atomic E-state index is 7.66. The summed E-state index contributed by atoms with van der Waals surface area (Å²) in [5.41, 5.74) is 0.954. The third-order valence-corrected chi connectivity index (χ3v) is 2.62. The lowest BCUT2D eigenvalue weighted by Crippen LogP contribution is -2.09. The SMILES string of the molecule is COc1cccc(-n2ccsc2=N)c1. The van der Waals surface area contributed by atoms with Crippen LogP contribution in [0.3, 0.4) is 0 Å². The summed E-state index contributed by atoms with van der Waals surface area (Å²) in [6, 6.07) is 7.66. The monoisotopic (exact) mass is 206 g/mol. The van der Waals surface area contributed by atoms with Gasteiger partial charge in [0.2, 0.25) is 0 Å². The first kappa shape index (κ1) is 9.02. The van der Waals surface area contributed by atoms with Crippen LogP contribution >= 0.6 is 11.3 Å². The lowest BCUT2D eigenvalue weighted by molar-refractivity contribution is 0.414. The van der Waals surface area contributed by atoms with Gasteiger partial charge in [0, 0.05) is 17.6 Å². The minimum Gasteiger partial charge on any atom is -0.497 e. The van der Waals surface area contributed by atoms with E-state index in [1.807, 2.05) is 40.4 Å². The van der Waals surface area contributed by atoms with Gasteiger partial charge in [0.25, 0.3) is 0 Å². The van der Waals surface area contributed by atoms with Crippen molar-refractivity contribution >= 4 is 11.3 Å². The molecule has 1 aromatic heterocycles. The molecule has 0 saturated heterocycles. The summed E-state index contributed by atoms with van der Waals surface area (Å²) in [7, 11) is 1.64. The van der Waals surface area contributed by atoms with Gasteiger partial charge in [-0.05, 0) is 12.1 Å². The lowest BCUT2D eigenvalue weighted by Gasteiger charge is -2.04. The predicted molar refractivity (Wildman–Crippen MR) is 56.1 cm³/mol. The number of ether oxygens (including phenoxy) is 1. The highest BCUT2D eigenvalue weighted by Crippen LogP contribution is 2.15. The molecule has 0 saturated carbocycles. The van der Waals surface area contributed by atoms with Gasteiger partial charge >= 0.3 is 0 Å². The van der Waals surface area contributed by atoms with Crippen molar-refractivity contribution in [2.45, 2.75) is 0 Å².